The van der Waals surface area contributed by atoms with Gasteiger partial charge in [-0.25, -0.2) is 14.6 Å². The second-order valence-electron chi connectivity index (χ2n) is 9.00. The Labute approximate surface area is 216 Å². The minimum absolute atomic E-state index is 0.128. The molecule has 0 aliphatic heterocycles. The van der Waals surface area contributed by atoms with Gasteiger partial charge in [-0.05, 0) is 49.6 Å². The smallest absolute Gasteiger partial charge is 0.224 e. The zero-order valence-corrected chi connectivity index (χ0v) is 21.0. The Morgan fingerprint density at radius 1 is 1.00 bits per heavy atom. The molecule has 188 valence electrons. The van der Waals surface area contributed by atoms with Gasteiger partial charge in [-0.15, -0.1) is 11.5 Å². The van der Waals surface area contributed by atoms with Gasteiger partial charge in [0.25, 0.3) is 0 Å². The van der Waals surface area contributed by atoms with Crippen molar-refractivity contribution in [3.8, 4) is 35.0 Å². The van der Waals surface area contributed by atoms with E-state index in [-0.39, 0.29) is 12.1 Å². The minimum atomic E-state index is 0.128. The number of methoxy groups -OCH3 is 2. The third kappa shape index (κ3) is 5.82. The highest BCUT2D eigenvalue weighted by atomic mass is 16.5. The lowest BCUT2D eigenvalue weighted by atomic mass is 10.1. The number of benzene rings is 1. The van der Waals surface area contributed by atoms with Crippen molar-refractivity contribution in [1.82, 2.24) is 29.9 Å². The summed E-state index contributed by atoms with van der Waals surface area (Å²) in [5.74, 6) is 3.22. The molecule has 9 nitrogen and oxygen atoms in total. The Hall–Kier alpha value is -4.13. The fraction of sp³-hybridized carbons (Fsp3) is 0.321. The van der Waals surface area contributed by atoms with Crippen molar-refractivity contribution >= 4 is 5.95 Å². The van der Waals surface area contributed by atoms with E-state index >= 15 is 0 Å². The first-order valence-electron chi connectivity index (χ1n) is 12.2. The third-order valence-corrected chi connectivity index (χ3v) is 6.40. The number of nitrogens with zero attached hydrogens (tertiary/aromatic N) is 6. The highest BCUT2D eigenvalue weighted by Gasteiger charge is 2.28. The van der Waals surface area contributed by atoms with E-state index in [0.717, 1.165) is 47.5 Å². The van der Waals surface area contributed by atoms with Crippen molar-refractivity contribution < 1.29 is 9.47 Å². The molecule has 0 bridgehead atoms. The van der Waals surface area contributed by atoms with Crippen LogP contribution in [0.1, 0.15) is 36.2 Å². The van der Waals surface area contributed by atoms with Gasteiger partial charge in [-0.2, -0.15) is 0 Å². The molecule has 4 aromatic rings. The number of hydrogen-bond acceptors (Lipinski definition) is 8. The molecule has 0 spiro atoms. The summed E-state index contributed by atoms with van der Waals surface area (Å²) in [4.78, 5) is 14.2. The lowest BCUT2D eigenvalue weighted by molar-refractivity contribution is 0.101. The molecule has 1 aliphatic carbocycles. The number of pyridine rings is 1. The molecule has 37 heavy (non-hydrogen) atoms. The molecule has 0 amide bonds. The van der Waals surface area contributed by atoms with Crippen LogP contribution >= 0.6 is 0 Å². The Kier molecular flexibility index (Phi) is 7.49. The predicted molar refractivity (Wildman–Crippen MR) is 141 cm³/mol. The van der Waals surface area contributed by atoms with Crippen LogP contribution in [-0.2, 0) is 22.6 Å². The Balaban J connectivity index is 1.47. The van der Waals surface area contributed by atoms with Crippen LogP contribution in [0.5, 0.6) is 0 Å². The molecule has 5 rings (SSSR count). The molecule has 0 saturated heterocycles. The van der Waals surface area contributed by atoms with Crippen molar-refractivity contribution in [1.29, 1.82) is 0 Å². The predicted octanol–water partition coefficient (Wildman–Crippen LogP) is 3.95. The van der Waals surface area contributed by atoms with Crippen LogP contribution in [-0.4, -0.2) is 56.3 Å². The molecule has 3 aromatic heterocycles. The number of nitrogens with one attached hydrogen (secondary N) is 1. The molecule has 1 N–H and O–H groups in total. The van der Waals surface area contributed by atoms with E-state index in [0.29, 0.717) is 30.5 Å². The van der Waals surface area contributed by atoms with Crippen LogP contribution in [0.15, 0.2) is 54.7 Å². The number of anilines is 1. The first-order valence-corrected chi connectivity index (χ1v) is 12.2. The molecule has 2 atom stereocenters. The van der Waals surface area contributed by atoms with Gasteiger partial charge in [0, 0.05) is 25.3 Å². The molecule has 0 radical (unpaired) electrons. The number of rotatable bonds is 9. The van der Waals surface area contributed by atoms with Gasteiger partial charge in [-0.1, -0.05) is 29.3 Å². The van der Waals surface area contributed by atoms with Crippen LogP contribution in [0, 0.1) is 12.3 Å². The monoisotopic (exact) mass is 495 g/mol. The first kappa shape index (κ1) is 24.6. The minimum Gasteiger partial charge on any atom is -0.379 e. The Morgan fingerprint density at radius 2 is 1.84 bits per heavy atom. The highest BCUT2D eigenvalue weighted by Crippen LogP contribution is 2.28. The zero-order valence-electron chi connectivity index (χ0n) is 21.0. The normalized spacial score (nSPS) is 17.0. The van der Waals surface area contributed by atoms with Gasteiger partial charge in [-0.3, -0.25) is 4.98 Å². The van der Waals surface area contributed by atoms with Gasteiger partial charge >= 0.3 is 0 Å². The summed E-state index contributed by atoms with van der Waals surface area (Å²) in [5, 5.41) is 12.2. The van der Waals surface area contributed by atoms with Gasteiger partial charge < -0.3 is 14.8 Å². The molecular weight excluding hydrogens is 466 g/mol. The van der Waals surface area contributed by atoms with Crippen LogP contribution < -0.4 is 5.32 Å². The summed E-state index contributed by atoms with van der Waals surface area (Å²) < 4.78 is 12.6. The average molecular weight is 496 g/mol. The average Bonchev–Trinajstić information content (AvgIpc) is 3.58. The fourth-order valence-electron chi connectivity index (χ4n) is 4.60. The van der Waals surface area contributed by atoms with E-state index in [1.54, 1.807) is 18.9 Å². The third-order valence-electron chi connectivity index (χ3n) is 6.40. The number of hydrogen-bond donors (Lipinski definition) is 1. The van der Waals surface area contributed by atoms with Crippen molar-refractivity contribution in [2.45, 2.75) is 44.6 Å². The lowest BCUT2D eigenvalue weighted by Crippen LogP contribution is -2.30. The molecule has 1 aromatic carbocycles. The summed E-state index contributed by atoms with van der Waals surface area (Å²) in [5.41, 5.74) is 5.49. The lowest BCUT2D eigenvalue weighted by Gasteiger charge is -2.20. The van der Waals surface area contributed by atoms with Gasteiger partial charge in [0.2, 0.25) is 5.95 Å². The Bertz CT molecular complexity index is 1410. The zero-order chi connectivity index (χ0) is 25.6. The second kappa shape index (κ2) is 11.3. The SMILES string of the molecule is C#Cc1cccc(-c2cc(-c3cn(Cc4cccc(COC)n4)nn3)nc(N[C@@H]3CCC[C@H]3OC)n2)c1. The number of ether oxygens (including phenoxy) is 2. The molecular formula is C28H29N7O2. The maximum Gasteiger partial charge on any atom is 0.224 e. The van der Waals surface area contributed by atoms with E-state index in [4.69, 9.17) is 25.9 Å². The van der Waals surface area contributed by atoms with Crippen molar-refractivity contribution in [3.63, 3.8) is 0 Å². The fourth-order valence-corrected chi connectivity index (χ4v) is 4.60. The van der Waals surface area contributed by atoms with Crippen LogP contribution in [0.4, 0.5) is 5.95 Å². The summed E-state index contributed by atoms with van der Waals surface area (Å²) in [6.45, 7) is 0.942. The molecule has 1 fully saturated rings. The molecule has 9 heteroatoms. The maximum atomic E-state index is 5.66. The molecule has 1 aliphatic rings. The Morgan fingerprint density at radius 3 is 2.68 bits per heavy atom. The summed E-state index contributed by atoms with van der Waals surface area (Å²) in [6, 6.07) is 15.7. The van der Waals surface area contributed by atoms with E-state index in [9.17, 15) is 0 Å². The summed E-state index contributed by atoms with van der Waals surface area (Å²) in [6.07, 6.45) is 10.7. The largest absolute Gasteiger partial charge is 0.379 e. The standard InChI is InChI=1S/C28H29N7O2/c1-4-19-8-5-9-20(14-19)24-15-25(32-28(31-24)30-23-12-7-13-27(23)37-3)26-17-35(34-33-26)16-21-10-6-11-22(29-21)18-36-2/h1,5-6,8-11,14-15,17,23,27H,7,12-13,16,18H2,2-3H3,(H,30,31,32)/t23-,27-/m1/s1. The second-order valence-corrected chi connectivity index (χ2v) is 9.00. The van der Waals surface area contributed by atoms with E-state index in [2.05, 4.69) is 26.5 Å². The highest BCUT2D eigenvalue weighted by molar-refractivity contribution is 5.68. The van der Waals surface area contributed by atoms with Crippen LogP contribution in [0.3, 0.4) is 0 Å². The van der Waals surface area contributed by atoms with E-state index in [1.807, 2.05) is 54.7 Å². The number of aromatic nitrogens is 6. The van der Waals surface area contributed by atoms with Crippen LogP contribution in [0.2, 0.25) is 0 Å². The van der Waals surface area contributed by atoms with E-state index in [1.165, 1.54) is 0 Å². The van der Waals surface area contributed by atoms with E-state index < -0.39 is 0 Å². The quantitative estimate of drug-likeness (QED) is 0.349. The van der Waals surface area contributed by atoms with Gasteiger partial charge in [0.05, 0.1) is 54.3 Å². The van der Waals surface area contributed by atoms with Gasteiger partial charge in [0.1, 0.15) is 5.69 Å². The number of terminal acetylenes is 1. The molecule has 0 unspecified atom stereocenters. The topological polar surface area (TPSA) is 99.9 Å². The summed E-state index contributed by atoms with van der Waals surface area (Å²) in [7, 11) is 3.40. The summed E-state index contributed by atoms with van der Waals surface area (Å²) >= 11 is 0. The van der Waals surface area contributed by atoms with Crippen LogP contribution in [0.25, 0.3) is 22.6 Å². The maximum absolute atomic E-state index is 5.66. The van der Waals surface area contributed by atoms with Crippen molar-refractivity contribution in [2.24, 2.45) is 0 Å². The molecule has 1 saturated carbocycles. The van der Waals surface area contributed by atoms with Crippen molar-refractivity contribution in [3.05, 3.63) is 71.7 Å². The van der Waals surface area contributed by atoms with Crippen molar-refractivity contribution in [2.75, 3.05) is 19.5 Å². The first-order chi connectivity index (χ1) is 18.1. The van der Waals surface area contributed by atoms with Gasteiger partial charge in [0.15, 0.2) is 0 Å². The molecule has 3 heterocycles.